The van der Waals surface area contributed by atoms with Crippen LogP contribution in [-0.4, -0.2) is 10.2 Å². The Morgan fingerprint density at radius 1 is 1.12 bits per heavy atom. The summed E-state index contributed by atoms with van der Waals surface area (Å²) < 4.78 is 5.41. The van der Waals surface area contributed by atoms with Crippen molar-refractivity contribution in [2.24, 2.45) is 0 Å². The molecule has 4 nitrogen and oxygen atoms in total. The lowest BCUT2D eigenvalue weighted by molar-refractivity contribution is 0.301. The van der Waals surface area contributed by atoms with E-state index in [0.717, 1.165) is 0 Å². The molecule has 2 rings (SSSR count). The zero-order chi connectivity index (χ0) is 11.5. The van der Waals surface area contributed by atoms with E-state index in [4.69, 9.17) is 27.9 Å². The third-order valence-corrected chi connectivity index (χ3v) is 2.68. The first-order chi connectivity index (χ1) is 7.65. The maximum absolute atomic E-state index is 10.8. The number of halogens is 2. The van der Waals surface area contributed by atoms with E-state index in [2.05, 4.69) is 10.2 Å². The second-order valence-corrected chi connectivity index (χ2v) is 3.96. The molecule has 0 atom stereocenters. The average Bonchev–Trinajstić information content (AvgIpc) is 2.66. The Kier molecular flexibility index (Phi) is 3.22. The fourth-order valence-corrected chi connectivity index (χ4v) is 1.47. The summed E-state index contributed by atoms with van der Waals surface area (Å²) in [7, 11) is 0. The van der Waals surface area contributed by atoms with Crippen LogP contribution in [0.4, 0.5) is 0 Å². The first-order valence-corrected chi connectivity index (χ1v) is 5.25. The molecule has 2 aromatic rings. The number of ether oxygens (including phenoxy) is 1. The Hall–Kier alpha value is -1.39. The number of H-pyrrole nitrogens is 2. The topological polar surface area (TPSA) is 57.9 Å². The van der Waals surface area contributed by atoms with Gasteiger partial charge in [-0.2, -0.15) is 0 Å². The highest BCUT2D eigenvalue weighted by Crippen LogP contribution is 2.26. The second kappa shape index (κ2) is 4.63. The van der Waals surface area contributed by atoms with Crippen molar-refractivity contribution in [2.45, 2.75) is 6.61 Å². The van der Waals surface area contributed by atoms with E-state index in [1.54, 1.807) is 18.2 Å². The van der Waals surface area contributed by atoms with Gasteiger partial charge in [0.05, 0.1) is 15.7 Å². The number of rotatable bonds is 3. The highest BCUT2D eigenvalue weighted by Gasteiger charge is 2.01. The molecule has 6 heteroatoms. The molecule has 0 fully saturated rings. The summed E-state index contributed by atoms with van der Waals surface area (Å²) >= 11 is 11.6. The minimum Gasteiger partial charge on any atom is -0.487 e. The fourth-order valence-electron chi connectivity index (χ4n) is 1.18. The van der Waals surface area contributed by atoms with Gasteiger partial charge < -0.3 is 4.74 Å². The largest absolute Gasteiger partial charge is 0.487 e. The van der Waals surface area contributed by atoms with Crippen LogP contribution in [0.3, 0.4) is 0 Å². The van der Waals surface area contributed by atoms with Gasteiger partial charge in [-0.15, -0.1) is 0 Å². The molecule has 0 amide bonds. The fraction of sp³-hybridized carbons (Fsp3) is 0.100. The standard InChI is InChI=1S/C10H8Cl2N2O2/c11-8-2-1-7(4-9(8)12)16-5-6-3-10(15)14-13-6/h1-4H,5H2,(H2,13,14,15). The van der Waals surface area contributed by atoms with Crippen molar-refractivity contribution >= 4 is 23.2 Å². The molecular weight excluding hydrogens is 251 g/mol. The summed E-state index contributed by atoms with van der Waals surface area (Å²) in [6.07, 6.45) is 0. The Labute approximate surface area is 101 Å². The normalized spacial score (nSPS) is 10.4. The van der Waals surface area contributed by atoms with Crippen molar-refractivity contribution in [2.75, 3.05) is 0 Å². The Morgan fingerprint density at radius 3 is 2.56 bits per heavy atom. The zero-order valence-corrected chi connectivity index (χ0v) is 9.60. The molecule has 1 aromatic carbocycles. The average molecular weight is 259 g/mol. The van der Waals surface area contributed by atoms with Crippen LogP contribution in [-0.2, 0) is 6.61 Å². The Bertz CT molecular complexity index is 548. The molecule has 0 aliphatic carbocycles. The molecule has 0 saturated carbocycles. The van der Waals surface area contributed by atoms with Crippen LogP contribution in [0.2, 0.25) is 10.0 Å². The number of nitrogens with one attached hydrogen (secondary N) is 2. The molecule has 0 aliphatic heterocycles. The van der Waals surface area contributed by atoms with Crippen molar-refractivity contribution in [3.05, 3.63) is 50.4 Å². The van der Waals surface area contributed by atoms with Gasteiger partial charge >= 0.3 is 0 Å². The summed E-state index contributed by atoms with van der Waals surface area (Å²) in [4.78, 5) is 10.8. The van der Waals surface area contributed by atoms with E-state index in [1.165, 1.54) is 6.07 Å². The molecule has 0 saturated heterocycles. The number of hydrogen-bond acceptors (Lipinski definition) is 2. The van der Waals surface area contributed by atoms with Crippen LogP contribution in [0.15, 0.2) is 29.1 Å². The number of benzene rings is 1. The lowest BCUT2D eigenvalue weighted by atomic mass is 10.3. The van der Waals surface area contributed by atoms with Crippen molar-refractivity contribution in [1.29, 1.82) is 0 Å². The van der Waals surface area contributed by atoms with Crippen LogP contribution >= 0.6 is 23.2 Å². The Morgan fingerprint density at radius 2 is 1.94 bits per heavy atom. The monoisotopic (exact) mass is 258 g/mol. The number of hydrogen-bond donors (Lipinski definition) is 2. The molecule has 0 aliphatic rings. The van der Waals surface area contributed by atoms with Crippen LogP contribution < -0.4 is 10.3 Å². The molecule has 2 N–H and O–H groups in total. The molecule has 1 aromatic heterocycles. The predicted octanol–water partition coefficient (Wildman–Crippen LogP) is 2.59. The van der Waals surface area contributed by atoms with E-state index in [1.807, 2.05) is 0 Å². The first kappa shape index (κ1) is 11.1. The zero-order valence-electron chi connectivity index (χ0n) is 8.09. The molecule has 0 spiro atoms. The van der Waals surface area contributed by atoms with E-state index in [9.17, 15) is 4.79 Å². The lowest BCUT2D eigenvalue weighted by Gasteiger charge is -2.05. The van der Waals surface area contributed by atoms with Crippen LogP contribution in [0, 0.1) is 0 Å². The summed E-state index contributed by atoms with van der Waals surface area (Å²) in [6, 6.07) is 6.41. The molecule has 0 radical (unpaired) electrons. The van der Waals surface area contributed by atoms with Gasteiger partial charge in [0.15, 0.2) is 0 Å². The van der Waals surface area contributed by atoms with Gasteiger partial charge in [0.2, 0.25) is 0 Å². The molecule has 16 heavy (non-hydrogen) atoms. The lowest BCUT2D eigenvalue weighted by Crippen LogP contribution is -1.96. The van der Waals surface area contributed by atoms with Crippen molar-refractivity contribution < 1.29 is 4.74 Å². The quantitative estimate of drug-likeness (QED) is 0.889. The van der Waals surface area contributed by atoms with Gasteiger partial charge in [-0.1, -0.05) is 23.2 Å². The summed E-state index contributed by atoms with van der Waals surface area (Å²) in [5.74, 6) is 0.594. The minimum absolute atomic E-state index is 0.187. The van der Waals surface area contributed by atoms with Gasteiger partial charge in [0.25, 0.3) is 5.56 Å². The first-order valence-electron chi connectivity index (χ1n) is 4.49. The maximum atomic E-state index is 10.8. The summed E-state index contributed by atoms with van der Waals surface area (Å²) in [5.41, 5.74) is 0.476. The van der Waals surface area contributed by atoms with Gasteiger partial charge in [-0.25, -0.2) is 0 Å². The Balaban J connectivity index is 2.04. The van der Waals surface area contributed by atoms with Gasteiger partial charge in [-0.05, 0) is 12.1 Å². The maximum Gasteiger partial charge on any atom is 0.264 e. The molecule has 0 unspecified atom stereocenters. The van der Waals surface area contributed by atoms with E-state index in [0.29, 0.717) is 21.5 Å². The number of aromatic nitrogens is 2. The van der Waals surface area contributed by atoms with Crippen molar-refractivity contribution in [1.82, 2.24) is 10.2 Å². The SMILES string of the molecule is O=c1cc(COc2ccc(Cl)c(Cl)c2)[nH][nH]1. The third kappa shape index (κ3) is 2.59. The molecular formula is C10H8Cl2N2O2. The van der Waals surface area contributed by atoms with Crippen LogP contribution in [0.1, 0.15) is 5.69 Å². The number of aromatic amines is 2. The minimum atomic E-state index is -0.187. The molecule has 0 bridgehead atoms. The summed E-state index contributed by atoms with van der Waals surface area (Å²) in [5, 5.41) is 6.01. The summed E-state index contributed by atoms with van der Waals surface area (Å²) in [6.45, 7) is 0.261. The smallest absolute Gasteiger partial charge is 0.264 e. The van der Waals surface area contributed by atoms with E-state index < -0.39 is 0 Å². The highest BCUT2D eigenvalue weighted by molar-refractivity contribution is 6.42. The van der Waals surface area contributed by atoms with E-state index in [-0.39, 0.29) is 12.2 Å². The predicted molar refractivity (Wildman–Crippen MR) is 62.2 cm³/mol. The van der Waals surface area contributed by atoms with Gasteiger partial charge in [0, 0.05) is 12.1 Å². The van der Waals surface area contributed by atoms with Crippen molar-refractivity contribution in [3.63, 3.8) is 0 Å². The van der Waals surface area contributed by atoms with Gasteiger partial charge in [0.1, 0.15) is 12.4 Å². The van der Waals surface area contributed by atoms with Crippen LogP contribution in [0.25, 0.3) is 0 Å². The van der Waals surface area contributed by atoms with Crippen molar-refractivity contribution in [3.8, 4) is 5.75 Å². The molecule has 84 valence electrons. The van der Waals surface area contributed by atoms with Crippen LogP contribution in [0.5, 0.6) is 5.75 Å². The molecule has 1 heterocycles. The third-order valence-electron chi connectivity index (χ3n) is 1.94. The second-order valence-electron chi connectivity index (χ2n) is 3.15. The van der Waals surface area contributed by atoms with E-state index >= 15 is 0 Å². The highest BCUT2D eigenvalue weighted by atomic mass is 35.5. The van der Waals surface area contributed by atoms with Gasteiger partial charge in [-0.3, -0.25) is 15.0 Å².